The average Bonchev–Trinajstić information content (AvgIpc) is 2.81. The molecule has 0 aliphatic carbocycles. The van der Waals surface area contributed by atoms with Crippen LogP contribution in [0.2, 0.25) is 0 Å². The summed E-state index contributed by atoms with van der Waals surface area (Å²) < 4.78 is 1.16. The molecule has 0 saturated carbocycles. The van der Waals surface area contributed by atoms with Crippen LogP contribution in [0.4, 0.5) is 0 Å². The Bertz CT molecular complexity index is 519. The van der Waals surface area contributed by atoms with Crippen LogP contribution in [0.1, 0.15) is 24.0 Å². The molecule has 2 N–H and O–H groups in total. The summed E-state index contributed by atoms with van der Waals surface area (Å²) in [5.74, 6) is 0.441. The highest BCUT2D eigenvalue weighted by molar-refractivity contribution is 9.10. The minimum Gasteiger partial charge on any atom is -0.330 e. The lowest BCUT2D eigenvalue weighted by atomic mass is 10.0. The molecular formula is C14H16BrNS. The third kappa shape index (κ3) is 2.79. The van der Waals surface area contributed by atoms with Crippen LogP contribution >= 0.6 is 27.3 Å². The van der Waals surface area contributed by atoms with Gasteiger partial charge in [0.1, 0.15) is 0 Å². The van der Waals surface area contributed by atoms with Crippen molar-refractivity contribution in [2.75, 3.05) is 6.54 Å². The maximum atomic E-state index is 5.69. The molecule has 1 aromatic heterocycles. The van der Waals surface area contributed by atoms with Crippen molar-refractivity contribution in [1.82, 2.24) is 0 Å². The van der Waals surface area contributed by atoms with Gasteiger partial charge in [0.05, 0.1) is 0 Å². The predicted octanol–water partition coefficient (Wildman–Crippen LogP) is 4.55. The molecule has 1 aromatic carbocycles. The van der Waals surface area contributed by atoms with Gasteiger partial charge < -0.3 is 5.73 Å². The van der Waals surface area contributed by atoms with E-state index in [1.54, 1.807) is 11.3 Å². The van der Waals surface area contributed by atoms with Crippen LogP contribution in [0.15, 0.2) is 34.1 Å². The summed E-state index contributed by atoms with van der Waals surface area (Å²) >= 11 is 5.32. The molecule has 1 nitrogen and oxygen atoms in total. The molecule has 1 heterocycles. The molecule has 0 aliphatic heterocycles. The van der Waals surface area contributed by atoms with E-state index in [9.17, 15) is 0 Å². The quantitative estimate of drug-likeness (QED) is 0.884. The van der Waals surface area contributed by atoms with Crippen LogP contribution in [0, 0.1) is 6.92 Å². The number of hydrogen-bond donors (Lipinski definition) is 1. The van der Waals surface area contributed by atoms with Crippen LogP contribution in [0.3, 0.4) is 0 Å². The van der Waals surface area contributed by atoms with Gasteiger partial charge in [-0.25, -0.2) is 0 Å². The van der Waals surface area contributed by atoms with E-state index in [0.717, 1.165) is 4.47 Å². The second-order valence-corrected chi connectivity index (χ2v) is 6.11. The van der Waals surface area contributed by atoms with E-state index in [1.807, 2.05) is 0 Å². The third-order valence-electron chi connectivity index (χ3n) is 2.98. The summed E-state index contributed by atoms with van der Waals surface area (Å²) in [6.45, 7) is 4.98. The maximum Gasteiger partial charge on any atom is 0.0345 e. The lowest BCUT2D eigenvalue weighted by molar-refractivity contribution is 0.778. The molecule has 0 amide bonds. The van der Waals surface area contributed by atoms with Crippen molar-refractivity contribution < 1.29 is 0 Å². The highest BCUT2D eigenvalue weighted by Gasteiger charge is 2.08. The van der Waals surface area contributed by atoms with Gasteiger partial charge in [0.15, 0.2) is 0 Å². The predicted molar refractivity (Wildman–Crippen MR) is 79.7 cm³/mol. The first kappa shape index (κ1) is 12.8. The van der Waals surface area contributed by atoms with Gasteiger partial charge in [-0.3, -0.25) is 0 Å². The number of halogens is 1. The third-order valence-corrected chi connectivity index (χ3v) is 4.87. The highest BCUT2D eigenvalue weighted by Crippen LogP contribution is 2.32. The van der Waals surface area contributed by atoms with Gasteiger partial charge in [-0.05, 0) is 59.7 Å². The molecule has 0 fully saturated rings. The SMILES string of the molecule is Cc1cc(-c2cc(C(C)CN)cs2)ccc1Br. The van der Waals surface area contributed by atoms with E-state index < -0.39 is 0 Å². The zero-order valence-electron chi connectivity index (χ0n) is 10.0. The van der Waals surface area contributed by atoms with Crippen molar-refractivity contribution in [3.05, 3.63) is 45.2 Å². The van der Waals surface area contributed by atoms with Gasteiger partial charge >= 0.3 is 0 Å². The Kier molecular flexibility index (Phi) is 4.02. The smallest absolute Gasteiger partial charge is 0.0345 e. The number of rotatable bonds is 3. The van der Waals surface area contributed by atoms with Gasteiger partial charge in [-0.2, -0.15) is 0 Å². The van der Waals surface area contributed by atoms with Crippen molar-refractivity contribution in [3.63, 3.8) is 0 Å². The van der Waals surface area contributed by atoms with Crippen molar-refractivity contribution in [2.24, 2.45) is 5.73 Å². The van der Waals surface area contributed by atoms with Crippen LogP contribution in [-0.4, -0.2) is 6.54 Å². The molecule has 1 unspecified atom stereocenters. The standard InChI is InChI=1S/C14H16BrNS/c1-9-5-11(3-4-13(9)15)14-6-12(8-17-14)10(2)7-16/h3-6,8,10H,7,16H2,1-2H3. The fourth-order valence-electron chi connectivity index (χ4n) is 1.69. The lowest BCUT2D eigenvalue weighted by Gasteiger charge is -2.04. The zero-order valence-corrected chi connectivity index (χ0v) is 12.4. The maximum absolute atomic E-state index is 5.69. The van der Waals surface area contributed by atoms with Gasteiger partial charge in [0.2, 0.25) is 0 Å². The topological polar surface area (TPSA) is 26.0 Å². The minimum absolute atomic E-state index is 0.441. The van der Waals surface area contributed by atoms with Crippen LogP contribution in [0.25, 0.3) is 10.4 Å². The minimum atomic E-state index is 0.441. The van der Waals surface area contributed by atoms with Crippen molar-refractivity contribution in [2.45, 2.75) is 19.8 Å². The van der Waals surface area contributed by atoms with Crippen LogP contribution in [0.5, 0.6) is 0 Å². The molecule has 2 aromatic rings. The van der Waals surface area contributed by atoms with E-state index in [4.69, 9.17) is 5.73 Å². The van der Waals surface area contributed by atoms with Crippen molar-refractivity contribution in [1.29, 1.82) is 0 Å². The van der Waals surface area contributed by atoms with Gasteiger partial charge in [-0.15, -0.1) is 11.3 Å². The summed E-state index contributed by atoms with van der Waals surface area (Å²) in [7, 11) is 0. The summed E-state index contributed by atoms with van der Waals surface area (Å²) in [5, 5.41) is 2.21. The van der Waals surface area contributed by atoms with E-state index in [2.05, 4.69) is 59.4 Å². The average molecular weight is 310 g/mol. The number of aryl methyl sites for hydroxylation is 1. The molecule has 90 valence electrons. The molecule has 0 aliphatic rings. The number of benzene rings is 1. The monoisotopic (exact) mass is 309 g/mol. The number of thiophene rings is 1. The van der Waals surface area contributed by atoms with Gasteiger partial charge in [-0.1, -0.05) is 28.9 Å². The Labute approximate surface area is 115 Å². The normalized spacial score (nSPS) is 12.7. The van der Waals surface area contributed by atoms with Crippen molar-refractivity contribution in [3.8, 4) is 10.4 Å². The Hall–Kier alpha value is -0.640. The second-order valence-electron chi connectivity index (χ2n) is 4.35. The molecule has 0 spiro atoms. The van der Waals surface area contributed by atoms with Gasteiger partial charge in [0.25, 0.3) is 0 Å². The zero-order chi connectivity index (χ0) is 12.4. The molecule has 3 heteroatoms. The fourth-order valence-corrected chi connectivity index (χ4v) is 2.97. The first-order valence-corrected chi connectivity index (χ1v) is 7.34. The van der Waals surface area contributed by atoms with E-state index >= 15 is 0 Å². The van der Waals surface area contributed by atoms with E-state index in [1.165, 1.54) is 21.6 Å². The van der Waals surface area contributed by atoms with Gasteiger partial charge in [0, 0.05) is 9.35 Å². The number of hydrogen-bond acceptors (Lipinski definition) is 2. The first-order chi connectivity index (χ1) is 8.11. The highest BCUT2D eigenvalue weighted by atomic mass is 79.9. The molecule has 0 radical (unpaired) electrons. The summed E-state index contributed by atoms with van der Waals surface area (Å²) in [5.41, 5.74) is 9.59. The molecule has 2 rings (SSSR count). The number of nitrogens with two attached hydrogens (primary N) is 1. The summed E-state index contributed by atoms with van der Waals surface area (Å²) in [4.78, 5) is 1.32. The molecule has 1 atom stereocenters. The first-order valence-electron chi connectivity index (χ1n) is 5.67. The largest absolute Gasteiger partial charge is 0.330 e. The molecule has 0 saturated heterocycles. The van der Waals surface area contributed by atoms with Crippen molar-refractivity contribution >= 4 is 27.3 Å². The Balaban J connectivity index is 2.33. The lowest BCUT2D eigenvalue weighted by Crippen LogP contribution is -2.07. The van der Waals surface area contributed by atoms with E-state index in [0.29, 0.717) is 12.5 Å². The van der Waals surface area contributed by atoms with Crippen LogP contribution < -0.4 is 5.73 Å². The molecular weight excluding hydrogens is 294 g/mol. The summed E-state index contributed by atoms with van der Waals surface area (Å²) in [6, 6.07) is 8.73. The Morgan fingerprint density at radius 2 is 2.12 bits per heavy atom. The van der Waals surface area contributed by atoms with E-state index in [-0.39, 0.29) is 0 Å². The Morgan fingerprint density at radius 3 is 2.76 bits per heavy atom. The second kappa shape index (κ2) is 5.34. The Morgan fingerprint density at radius 1 is 1.35 bits per heavy atom. The van der Waals surface area contributed by atoms with Crippen LogP contribution in [-0.2, 0) is 0 Å². The molecule has 17 heavy (non-hydrogen) atoms. The molecule has 0 bridgehead atoms. The summed E-state index contributed by atoms with van der Waals surface area (Å²) in [6.07, 6.45) is 0. The fraction of sp³-hybridized carbons (Fsp3) is 0.286.